The third-order valence-electron chi connectivity index (χ3n) is 9.19. The van der Waals surface area contributed by atoms with Gasteiger partial charge in [0, 0.05) is 58.7 Å². The Balaban J connectivity index is 1.36. The molecule has 0 saturated heterocycles. The molecule has 0 saturated carbocycles. The number of aliphatic hydroxyl groups is 1. The number of hydrogen-bond acceptors (Lipinski definition) is 9. The molecule has 4 N–H and O–H groups in total. The summed E-state index contributed by atoms with van der Waals surface area (Å²) < 4.78 is 10.0. The van der Waals surface area contributed by atoms with Crippen molar-refractivity contribution in [2.75, 3.05) is 25.1 Å². The van der Waals surface area contributed by atoms with Crippen LogP contribution in [0.2, 0.25) is 5.02 Å². The molecule has 0 fully saturated rings. The number of thiazole rings is 1. The third kappa shape index (κ3) is 6.09. The molecular weight excluding hydrogens is 668 g/mol. The van der Waals surface area contributed by atoms with Gasteiger partial charge in [-0.1, -0.05) is 17.7 Å². The summed E-state index contributed by atoms with van der Waals surface area (Å²) >= 11 is 10.5. The number of aliphatic hydroxyl groups excluding tert-OH is 1. The van der Waals surface area contributed by atoms with Gasteiger partial charge in [-0.05, 0) is 68.9 Å². The standard InChI is InChI=1S/C35H39ClN6O4S2/c1-19-28-18-47-22-14-21-6-4-10-38-32(21)27(15-22)46-13-5-7-23-24-8-9-25(36)31(33(24)41(3)34(23)35(44)45)30-20(2)40-42(11-12-43)26(30)16-37-17-29(39-19)48-28/h8-9,14-15,37-38,43H,4-7,10-13,16-18H2,1-3H3,(H,44,45). The SMILES string of the molecule is Cc1nc2sc1CSc1cc3c(c(c1)OCCCc1c(C(=O)O)n(C)c4c(c(Cl)ccc14)-c1c(C)nn(CCO)c1CNC2)NCCC3. The first-order valence-corrected chi connectivity index (χ1v) is 18.5. The number of aryl methyl sites for hydroxylation is 5. The lowest BCUT2D eigenvalue weighted by Gasteiger charge is -2.22. The number of thioether (sulfide) groups is 1. The number of nitrogens with zero attached hydrogens (tertiary/aromatic N) is 4. The van der Waals surface area contributed by atoms with Gasteiger partial charge in [0.2, 0.25) is 0 Å². The first kappa shape index (κ1) is 33.0. The van der Waals surface area contributed by atoms with Crippen LogP contribution in [0.3, 0.4) is 0 Å². The molecule has 5 aromatic rings. The molecule has 2 aromatic carbocycles. The molecule has 0 unspecified atom stereocenters. The van der Waals surface area contributed by atoms with Crippen LogP contribution in [0.15, 0.2) is 29.2 Å². The summed E-state index contributed by atoms with van der Waals surface area (Å²) in [5.41, 5.74) is 8.32. The molecule has 13 heteroatoms. The number of carboxylic acid groups (broad SMARTS) is 1. The molecule has 2 aliphatic heterocycles. The highest BCUT2D eigenvalue weighted by atomic mass is 35.5. The van der Waals surface area contributed by atoms with Gasteiger partial charge in [-0.25, -0.2) is 9.78 Å². The number of ether oxygens (including phenoxy) is 1. The Bertz CT molecular complexity index is 2030. The van der Waals surface area contributed by atoms with Crippen molar-refractivity contribution in [1.29, 1.82) is 0 Å². The summed E-state index contributed by atoms with van der Waals surface area (Å²) in [6.45, 7) is 6.63. The molecule has 2 aliphatic rings. The number of anilines is 1. The first-order valence-electron chi connectivity index (χ1n) is 16.3. The molecule has 3 aromatic heterocycles. The molecule has 7 rings (SSSR count). The summed E-state index contributed by atoms with van der Waals surface area (Å²) in [4.78, 5) is 20.1. The molecule has 48 heavy (non-hydrogen) atoms. The van der Waals surface area contributed by atoms with Crippen molar-refractivity contribution in [3.63, 3.8) is 0 Å². The van der Waals surface area contributed by atoms with Crippen LogP contribution in [0.25, 0.3) is 22.0 Å². The van der Waals surface area contributed by atoms with E-state index in [0.717, 1.165) is 91.2 Å². The average molecular weight is 707 g/mol. The number of rotatable bonds is 3. The number of hydrogen-bond donors (Lipinski definition) is 4. The fourth-order valence-electron chi connectivity index (χ4n) is 7.08. The Labute approximate surface area is 292 Å². The van der Waals surface area contributed by atoms with Crippen molar-refractivity contribution in [3.05, 3.63) is 73.1 Å². The van der Waals surface area contributed by atoms with Crippen molar-refractivity contribution in [2.45, 2.75) is 69.8 Å². The van der Waals surface area contributed by atoms with Crippen LogP contribution >= 0.6 is 34.7 Å². The maximum atomic E-state index is 12.8. The van der Waals surface area contributed by atoms with Crippen molar-refractivity contribution in [1.82, 2.24) is 24.6 Å². The van der Waals surface area contributed by atoms with E-state index in [-0.39, 0.29) is 12.3 Å². The highest BCUT2D eigenvalue weighted by molar-refractivity contribution is 7.98. The summed E-state index contributed by atoms with van der Waals surface area (Å²) in [6.07, 6.45) is 3.24. The number of aromatic nitrogens is 4. The molecule has 0 atom stereocenters. The van der Waals surface area contributed by atoms with E-state index >= 15 is 0 Å². The summed E-state index contributed by atoms with van der Waals surface area (Å²) in [5, 5.41) is 34.6. The first-order chi connectivity index (χ1) is 23.2. The van der Waals surface area contributed by atoms with Crippen LogP contribution < -0.4 is 15.4 Å². The number of halogens is 1. The van der Waals surface area contributed by atoms with Gasteiger partial charge in [-0.2, -0.15) is 5.10 Å². The van der Waals surface area contributed by atoms with Crippen LogP contribution in [0.4, 0.5) is 5.69 Å². The highest BCUT2D eigenvalue weighted by Crippen LogP contribution is 2.43. The van der Waals surface area contributed by atoms with Gasteiger partial charge in [0.05, 0.1) is 53.1 Å². The van der Waals surface area contributed by atoms with Gasteiger partial charge < -0.3 is 30.2 Å². The van der Waals surface area contributed by atoms with E-state index in [1.165, 1.54) is 10.4 Å². The molecule has 8 bridgehead atoms. The highest BCUT2D eigenvalue weighted by Gasteiger charge is 2.28. The second kappa shape index (κ2) is 13.8. The Morgan fingerprint density at radius 2 is 1.98 bits per heavy atom. The minimum atomic E-state index is -0.989. The monoisotopic (exact) mass is 706 g/mol. The zero-order chi connectivity index (χ0) is 33.5. The second-order valence-corrected chi connectivity index (χ2v) is 14.9. The minimum absolute atomic E-state index is 0.0701. The van der Waals surface area contributed by atoms with Crippen LogP contribution in [0, 0.1) is 13.8 Å². The normalized spacial score (nSPS) is 15.4. The average Bonchev–Trinajstić information content (AvgIpc) is 3.67. The molecule has 252 valence electrons. The van der Waals surface area contributed by atoms with E-state index in [0.29, 0.717) is 44.1 Å². The number of aromatic carboxylic acids is 1. The predicted octanol–water partition coefficient (Wildman–Crippen LogP) is 6.72. The van der Waals surface area contributed by atoms with Gasteiger partial charge in [-0.3, -0.25) is 4.68 Å². The van der Waals surface area contributed by atoms with Crippen LogP contribution in [-0.4, -0.2) is 55.3 Å². The van der Waals surface area contributed by atoms with E-state index in [1.54, 1.807) is 34.7 Å². The number of nitrogens with one attached hydrogen (secondary N) is 2. The zero-order valence-electron chi connectivity index (χ0n) is 27.3. The van der Waals surface area contributed by atoms with Gasteiger partial charge in [0.25, 0.3) is 0 Å². The Morgan fingerprint density at radius 1 is 1.12 bits per heavy atom. The van der Waals surface area contributed by atoms with Gasteiger partial charge in [0.15, 0.2) is 0 Å². The number of fused-ring (bicyclic) bond motifs is 8. The lowest BCUT2D eigenvalue weighted by Crippen LogP contribution is -2.18. The van der Waals surface area contributed by atoms with Gasteiger partial charge in [-0.15, -0.1) is 23.1 Å². The van der Waals surface area contributed by atoms with Crippen LogP contribution in [0.1, 0.15) is 61.4 Å². The van der Waals surface area contributed by atoms with Crippen LogP contribution in [0.5, 0.6) is 5.75 Å². The molecule has 0 amide bonds. The Hall–Kier alpha value is -3.55. The maximum absolute atomic E-state index is 12.8. The van der Waals surface area contributed by atoms with E-state index in [2.05, 4.69) is 29.7 Å². The van der Waals surface area contributed by atoms with Gasteiger partial charge >= 0.3 is 5.97 Å². The van der Waals surface area contributed by atoms with Crippen molar-refractivity contribution < 1.29 is 19.7 Å². The topological polar surface area (TPSA) is 126 Å². The zero-order valence-corrected chi connectivity index (χ0v) is 29.7. The summed E-state index contributed by atoms with van der Waals surface area (Å²) in [7, 11) is 1.79. The van der Waals surface area contributed by atoms with Gasteiger partial charge in [0.1, 0.15) is 16.5 Å². The smallest absolute Gasteiger partial charge is 0.352 e. The lowest BCUT2D eigenvalue weighted by atomic mass is 9.98. The summed E-state index contributed by atoms with van der Waals surface area (Å²) in [6, 6.07) is 8.18. The van der Waals surface area contributed by atoms with E-state index < -0.39 is 5.97 Å². The van der Waals surface area contributed by atoms with Crippen molar-refractivity contribution in [3.8, 4) is 16.9 Å². The molecular formula is C35H39ClN6O4S2. The van der Waals surface area contributed by atoms with Crippen LogP contribution in [-0.2, 0) is 45.3 Å². The molecule has 5 heterocycles. The van der Waals surface area contributed by atoms with E-state index in [4.69, 9.17) is 26.4 Å². The maximum Gasteiger partial charge on any atom is 0.352 e. The molecule has 10 nitrogen and oxygen atoms in total. The second-order valence-electron chi connectivity index (χ2n) is 12.3. The van der Waals surface area contributed by atoms with E-state index in [9.17, 15) is 15.0 Å². The predicted molar refractivity (Wildman–Crippen MR) is 192 cm³/mol. The number of benzene rings is 2. The third-order valence-corrected chi connectivity index (χ3v) is 11.8. The largest absolute Gasteiger partial charge is 0.491 e. The van der Waals surface area contributed by atoms with E-state index in [1.807, 2.05) is 23.7 Å². The quantitative estimate of drug-likeness (QED) is 0.162. The lowest BCUT2D eigenvalue weighted by molar-refractivity contribution is 0.0685. The Kier molecular flexibility index (Phi) is 9.45. The summed E-state index contributed by atoms with van der Waals surface area (Å²) in [5.74, 6) is 0.676. The fraction of sp³-hybridized carbons (Fsp3) is 0.400. The fourth-order valence-corrected chi connectivity index (χ4v) is 9.49. The molecule has 0 aliphatic carbocycles. The minimum Gasteiger partial charge on any atom is -0.491 e. The number of carboxylic acids is 1. The van der Waals surface area contributed by atoms with Crippen molar-refractivity contribution in [2.24, 2.45) is 7.05 Å². The molecule has 0 spiro atoms. The number of carbonyl (C=O) groups is 1. The van der Waals surface area contributed by atoms with Crippen molar-refractivity contribution >= 4 is 57.3 Å². The Morgan fingerprint density at radius 3 is 2.79 bits per heavy atom. The molecule has 0 radical (unpaired) electrons.